The number of amides is 1. The summed E-state index contributed by atoms with van der Waals surface area (Å²) < 4.78 is 1.02. The lowest BCUT2D eigenvalue weighted by atomic mass is 10.2. The topological polar surface area (TPSA) is 29.1 Å². The molecule has 2 nitrogen and oxygen atoms in total. The Bertz CT molecular complexity index is 598. The number of anilines is 1. The highest BCUT2D eigenvalue weighted by Gasteiger charge is 2.07. The van der Waals surface area contributed by atoms with Gasteiger partial charge in [0.05, 0.1) is 0 Å². The Morgan fingerprint density at radius 3 is 2.67 bits per heavy atom. The van der Waals surface area contributed by atoms with Gasteiger partial charge in [-0.15, -0.1) is 0 Å². The van der Waals surface area contributed by atoms with Crippen molar-refractivity contribution >= 4 is 39.1 Å². The van der Waals surface area contributed by atoms with E-state index in [0.717, 1.165) is 15.7 Å². The normalized spacial score (nSPS) is 10.2. The molecule has 0 radical (unpaired) electrons. The predicted octanol–water partition coefficient (Wildman–Crippen LogP) is 4.66. The minimum absolute atomic E-state index is 0.167. The van der Waals surface area contributed by atoms with Crippen molar-refractivity contribution in [2.75, 3.05) is 5.32 Å². The standard InChI is InChI=1S/C14H11BrClNO/c1-9-7-12(5-6-13(9)15)17-14(18)10-3-2-4-11(16)8-10/h2-8H,1H3,(H,17,18). The van der Waals surface area contributed by atoms with Crippen molar-refractivity contribution in [1.82, 2.24) is 0 Å². The van der Waals surface area contributed by atoms with Crippen molar-refractivity contribution in [2.24, 2.45) is 0 Å². The van der Waals surface area contributed by atoms with Crippen LogP contribution in [0.3, 0.4) is 0 Å². The molecule has 0 aliphatic heterocycles. The van der Waals surface area contributed by atoms with Gasteiger partial charge in [-0.2, -0.15) is 0 Å². The van der Waals surface area contributed by atoms with Crippen LogP contribution in [0.15, 0.2) is 46.9 Å². The molecule has 0 fully saturated rings. The summed E-state index contributed by atoms with van der Waals surface area (Å²) in [6.07, 6.45) is 0. The maximum atomic E-state index is 12.0. The van der Waals surface area contributed by atoms with Crippen molar-refractivity contribution in [3.05, 3.63) is 63.1 Å². The number of carbonyl (C=O) groups is 1. The lowest BCUT2D eigenvalue weighted by molar-refractivity contribution is 0.102. The molecule has 1 amide bonds. The zero-order valence-electron chi connectivity index (χ0n) is 9.71. The van der Waals surface area contributed by atoms with Gasteiger partial charge >= 0.3 is 0 Å². The summed E-state index contributed by atoms with van der Waals surface area (Å²) in [6, 6.07) is 12.5. The van der Waals surface area contributed by atoms with Gasteiger partial charge in [0.25, 0.3) is 5.91 Å². The summed E-state index contributed by atoms with van der Waals surface area (Å²) in [5.41, 5.74) is 2.38. The van der Waals surface area contributed by atoms with E-state index in [2.05, 4.69) is 21.2 Å². The van der Waals surface area contributed by atoms with E-state index in [-0.39, 0.29) is 5.91 Å². The van der Waals surface area contributed by atoms with Gasteiger partial charge in [0.2, 0.25) is 0 Å². The Morgan fingerprint density at radius 2 is 2.00 bits per heavy atom. The molecule has 92 valence electrons. The van der Waals surface area contributed by atoms with Gasteiger partial charge in [-0.3, -0.25) is 4.79 Å². The van der Waals surface area contributed by atoms with Gasteiger partial charge in [-0.1, -0.05) is 33.6 Å². The van der Waals surface area contributed by atoms with Gasteiger partial charge in [0, 0.05) is 20.7 Å². The van der Waals surface area contributed by atoms with Crippen molar-refractivity contribution in [1.29, 1.82) is 0 Å². The van der Waals surface area contributed by atoms with Crippen LogP contribution in [-0.4, -0.2) is 5.91 Å². The molecule has 18 heavy (non-hydrogen) atoms. The molecule has 0 heterocycles. The van der Waals surface area contributed by atoms with Gasteiger partial charge in [0.1, 0.15) is 0 Å². The molecule has 0 aromatic heterocycles. The molecule has 0 bridgehead atoms. The molecule has 2 rings (SSSR count). The molecular formula is C14H11BrClNO. The maximum absolute atomic E-state index is 12.0. The van der Waals surface area contributed by atoms with E-state index in [0.29, 0.717) is 10.6 Å². The lowest BCUT2D eigenvalue weighted by Gasteiger charge is -2.07. The third kappa shape index (κ3) is 3.12. The largest absolute Gasteiger partial charge is 0.322 e. The highest BCUT2D eigenvalue weighted by molar-refractivity contribution is 9.10. The van der Waals surface area contributed by atoms with Crippen LogP contribution in [0.1, 0.15) is 15.9 Å². The Hall–Kier alpha value is -1.32. The first-order chi connectivity index (χ1) is 8.56. The quantitative estimate of drug-likeness (QED) is 0.855. The van der Waals surface area contributed by atoms with Crippen LogP contribution >= 0.6 is 27.5 Å². The average molecular weight is 325 g/mol. The Labute approximate surface area is 119 Å². The predicted molar refractivity (Wildman–Crippen MR) is 78.3 cm³/mol. The summed E-state index contributed by atoms with van der Waals surface area (Å²) in [5.74, 6) is -0.167. The molecule has 0 aliphatic carbocycles. The zero-order chi connectivity index (χ0) is 13.1. The smallest absolute Gasteiger partial charge is 0.255 e. The third-order valence-corrected chi connectivity index (χ3v) is 3.63. The Kier molecular flexibility index (Phi) is 4.04. The first-order valence-corrected chi connectivity index (χ1v) is 6.56. The summed E-state index contributed by atoms with van der Waals surface area (Å²) in [5, 5.41) is 3.39. The number of carbonyl (C=O) groups excluding carboxylic acids is 1. The molecular weight excluding hydrogens is 314 g/mol. The van der Waals surface area contributed by atoms with Crippen LogP contribution in [0.25, 0.3) is 0 Å². The molecule has 0 aliphatic rings. The van der Waals surface area contributed by atoms with Gasteiger partial charge in [-0.25, -0.2) is 0 Å². The van der Waals surface area contributed by atoms with Gasteiger partial charge < -0.3 is 5.32 Å². The molecule has 0 saturated heterocycles. The molecule has 0 saturated carbocycles. The van der Waals surface area contributed by atoms with Crippen molar-refractivity contribution in [3.63, 3.8) is 0 Å². The second-order valence-corrected chi connectivity index (χ2v) is 5.22. The fourth-order valence-electron chi connectivity index (χ4n) is 1.56. The number of hydrogen-bond donors (Lipinski definition) is 1. The summed E-state index contributed by atoms with van der Waals surface area (Å²) in [6.45, 7) is 1.97. The summed E-state index contributed by atoms with van der Waals surface area (Å²) in [4.78, 5) is 12.0. The minimum Gasteiger partial charge on any atom is -0.322 e. The number of nitrogens with one attached hydrogen (secondary N) is 1. The van der Waals surface area contributed by atoms with E-state index in [9.17, 15) is 4.79 Å². The van der Waals surface area contributed by atoms with E-state index in [1.165, 1.54) is 0 Å². The number of benzene rings is 2. The highest BCUT2D eigenvalue weighted by Crippen LogP contribution is 2.20. The van der Waals surface area contributed by atoms with Crippen LogP contribution in [0.4, 0.5) is 5.69 Å². The van der Waals surface area contributed by atoms with E-state index in [1.807, 2.05) is 25.1 Å². The minimum atomic E-state index is -0.167. The van der Waals surface area contributed by atoms with E-state index in [1.54, 1.807) is 24.3 Å². The summed E-state index contributed by atoms with van der Waals surface area (Å²) >= 11 is 9.27. The van der Waals surface area contributed by atoms with Crippen molar-refractivity contribution in [3.8, 4) is 0 Å². The van der Waals surface area contributed by atoms with E-state index < -0.39 is 0 Å². The molecule has 0 spiro atoms. The number of hydrogen-bond acceptors (Lipinski definition) is 1. The monoisotopic (exact) mass is 323 g/mol. The number of aryl methyl sites for hydroxylation is 1. The van der Waals surface area contributed by atoms with Gasteiger partial charge in [-0.05, 0) is 48.9 Å². The van der Waals surface area contributed by atoms with E-state index >= 15 is 0 Å². The third-order valence-electron chi connectivity index (χ3n) is 2.50. The van der Waals surface area contributed by atoms with Crippen molar-refractivity contribution < 1.29 is 4.79 Å². The van der Waals surface area contributed by atoms with Crippen LogP contribution in [0, 0.1) is 6.92 Å². The first-order valence-electron chi connectivity index (χ1n) is 5.39. The Balaban J connectivity index is 2.18. The fraction of sp³-hybridized carbons (Fsp3) is 0.0714. The van der Waals surface area contributed by atoms with Crippen LogP contribution in [0.5, 0.6) is 0 Å². The molecule has 2 aromatic carbocycles. The fourth-order valence-corrected chi connectivity index (χ4v) is 1.99. The molecule has 1 N–H and O–H groups in total. The zero-order valence-corrected chi connectivity index (χ0v) is 12.0. The lowest BCUT2D eigenvalue weighted by Crippen LogP contribution is -2.11. The SMILES string of the molecule is Cc1cc(NC(=O)c2cccc(Cl)c2)ccc1Br. The highest BCUT2D eigenvalue weighted by atomic mass is 79.9. The van der Waals surface area contributed by atoms with Crippen LogP contribution in [-0.2, 0) is 0 Å². The Morgan fingerprint density at radius 1 is 1.22 bits per heavy atom. The molecule has 0 unspecified atom stereocenters. The van der Waals surface area contributed by atoms with E-state index in [4.69, 9.17) is 11.6 Å². The maximum Gasteiger partial charge on any atom is 0.255 e. The summed E-state index contributed by atoms with van der Waals surface area (Å²) in [7, 11) is 0. The number of halogens is 2. The second-order valence-electron chi connectivity index (χ2n) is 3.93. The van der Waals surface area contributed by atoms with Crippen molar-refractivity contribution in [2.45, 2.75) is 6.92 Å². The molecule has 2 aromatic rings. The number of rotatable bonds is 2. The van der Waals surface area contributed by atoms with Crippen LogP contribution in [0.2, 0.25) is 5.02 Å². The van der Waals surface area contributed by atoms with Gasteiger partial charge in [0.15, 0.2) is 0 Å². The second kappa shape index (κ2) is 5.55. The average Bonchev–Trinajstić information content (AvgIpc) is 2.34. The molecule has 0 atom stereocenters. The van der Waals surface area contributed by atoms with Crippen LogP contribution < -0.4 is 5.32 Å². The molecule has 4 heteroatoms. The first kappa shape index (κ1) is 13.1.